The lowest BCUT2D eigenvalue weighted by molar-refractivity contribution is 0.0696. The van der Waals surface area contributed by atoms with Crippen molar-refractivity contribution in [3.8, 4) is 11.8 Å². The van der Waals surface area contributed by atoms with Crippen LogP contribution in [0.1, 0.15) is 52.2 Å². The molecule has 7 nitrogen and oxygen atoms in total. The van der Waals surface area contributed by atoms with Crippen molar-refractivity contribution in [1.29, 1.82) is 0 Å². The third kappa shape index (κ3) is 4.76. The summed E-state index contributed by atoms with van der Waals surface area (Å²) < 4.78 is 0. The van der Waals surface area contributed by atoms with Crippen LogP contribution in [0, 0.1) is 11.8 Å². The maximum absolute atomic E-state index is 11.2. The summed E-state index contributed by atoms with van der Waals surface area (Å²) in [5.41, 5.74) is 11.1. The Balaban J connectivity index is 0.000000891. The number of hydrogen-bond donors (Lipinski definition) is 4. The number of benzene rings is 1. The number of aromatic carboxylic acids is 1. The number of nitrogens with one attached hydrogen (secondary N) is 1. The standard InChI is InChI=1S/C13H9ClN4O3.C3H8/c14-8-3-1-7(13(20)21)5-6(8)2-4-9-10(12(16)19)11(15)18-17-9;1-3-2/h1,3,5H,(H2,16,19)(H,20,21)(H3,15,17,18);3H2,1-2H3. The van der Waals surface area contributed by atoms with E-state index in [1.54, 1.807) is 0 Å². The predicted molar refractivity (Wildman–Crippen MR) is 91.9 cm³/mol. The first kappa shape index (κ1) is 19.1. The number of nitrogens with two attached hydrogens (primary N) is 2. The number of primary amides is 1. The quantitative estimate of drug-likeness (QED) is 0.617. The summed E-state index contributed by atoms with van der Waals surface area (Å²) in [7, 11) is 0. The average molecular weight is 349 g/mol. The summed E-state index contributed by atoms with van der Waals surface area (Å²) in [5.74, 6) is 3.34. The first-order chi connectivity index (χ1) is 11.3. The van der Waals surface area contributed by atoms with Crippen LogP contribution in [0.5, 0.6) is 0 Å². The molecule has 1 amide bonds. The van der Waals surface area contributed by atoms with Crippen LogP contribution in [0.2, 0.25) is 5.02 Å². The summed E-state index contributed by atoms with van der Waals surface area (Å²) >= 11 is 5.94. The van der Waals surface area contributed by atoms with Crippen molar-refractivity contribution < 1.29 is 14.7 Å². The lowest BCUT2D eigenvalue weighted by Gasteiger charge is -1.98. The highest BCUT2D eigenvalue weighted by Gasteiger charge is 2.14. The Bertz CT molecular complexity index is 818. The molecule has 126 valence electrons. The minimum Gasteiger partial charge on any atom is -0.478 e. The number of carboxylic acids is 1. The zero-order valence-electron chi connectivity index (χ0n) is 13.2. The molecule has 0 atom stereocenters. The maximum Gasteiger partial charge on any atom is 0.335 e. The molecule has 0 aliphatic rings. The van der Waals surface area contributed by atoms with Crippen LogP contribution < -0.4 is 11.5 Å². The monoisotopic (exact) mass is 348 g/mol. The van der Waals surface area contributed by atoms with Gasteiger partial charge in [-0.25, -0.2) is 4.79 Å². The fourth-order valence-electron chi connectivity index (χ4n) is 1.58. The van der Waals surface area contributed by atoms with Gasteiger partial charge in [0.1, 0.15) is 11.3 Å². The summed E-state index contributed by atoms with van der Waals surface area (Å²) in [4.78, 5) is 22.1. The number of nitrogen functional groups attached to an aromatic ring is 1. The van der Waals surface area contributed by atoms with Crippen molar-refractivity contribution in [3.63, 3.8) is 0 Å². The number of carbonyl (C=O) groups excluding carboxylic acids is 1. The molecule has 6 N–H and O–H groups in total. The molecule has 0 saturated carbocycles. The first-order valence-corrected chi connectivity index (χ1v) is 7.38. The molecule has 0 aliphatic heterocycles. The smallest absolute Gasteiger partial charge is 0.335 e. The highest BCUT2D eigenvalue weighted by Crippen LogP contribution is 2.17. The zero-order valence-corrected chi connectivity index (χ0v) is 13.9. The van der Waals surface area contributed by atoms with Gasteiger partial charge in [-0.3, -0.25) is 9.89 Å². The van der Waals surface area contributed by atoms with Gasteiger partial charge in [0.05, 0.1) is 10.6 Å². The molecular weight excluding hydrogens is 332 g/mol. The van der Waals surface area contributed by atoms with Crippen molar-refractivity contribution in [1.82, 2.24) is 10.2 Å². The highest BCUT2D eigenvalue weighted by atomic mass is 35.5. The molecule has 0 fully saturated rings. The van der Waals surface area contributed by atoms with Gasteiger partial charge in [-0.1, -0.05) is 37.8 Å². The average Bonchev–Trinajstić information content (AvgIpc) is 2.88. The minimum absolute atomic E-state index is 0.0204. The van der Waals surface area contributed by atoms with E-state index in [0.29, 0.717) is 5.56 Å². The second-order valence-electron chi connectivity index (χ2n) is 4.68. The molecule has 0 spiro atoms. The van der Waals surface area contributed by atoms with E-state index in [2.05, 4.69) is 35.9 Å². The number of rotatable bonds is 2. The van der Waals surface area contributed by atoms with Crippen molar-refractivity contribution in [2.45, 2.75) is 20.3 Å². The number of carboxylic acid groups (broad SMARTS) is 1. The minimum atomic E-state index is -1.10. The molecule has 2 rings (SSSR count). The Kier molecular flexibility index (Phi) is 6.83. The number of halogens is 1. The summed E-state index contributed by atoms with van der Waals surface area (Å²) in [5, 5.41) is 15.3. The highest BCUT2D eigenvalue weighted by molar-refractivity contribution is 6.31. The Labute approximate surface area is 144 Å². The zero-order chi connectivity index (χ0) is 18.3. The molecule has 1 heterocycles. The van der Waals surface area contributed by atoms with Crippen molar-refractivity contribution in [2.24, 2.45) is 5.73 Å². The number of anilines is 1. The Morgan fingerprint density at radius 3 is 2.50 bits per heavy atom. The molecule has 1 aromatic carbocycles. The van der Waals surface area contributed by atoms with Crippen molar-refractivity contribution >= 4 is 29.3 Å². The van der Waals surface area contributed by atoms with E-state index in [0.717, 1.165) is 0 Å². The van der Waals surface area contributed by atoms with Gasteiger partial charge in [-0.2, -0.15) is 5.10 Å². The summed E-state index contributed by atoms with van der Waals surface area (Å²) in [6.45, 7) is 4.25. The summed E-state index contributed by atoms with van der Waals surface area (Å²) in [6.07, 6.45) is 1.25. The molecule has 0 unspecified atom stereocenters. The van der Waals surface area contributed by atoms with Gasteiger partial charge in [0.25, 0.3) is 5.91 Å². The maximum atomic E-state index is 11.2. The molecule has 0 saturated heterocycles. The Hall–Kier alpha value is -2.98. The molecular formula is C16H17ClN4O3. The number of amides is 1. The van der Waals surface area contributed by atoms with Crippen LogP contribution in [0.15, 0.2) is 18.2 Å². The molecule has 24 heavy (non-hydrogen) atoms. The number of H-pyrrole nitrogens is 1. The van der Waals surface area contributed by atoms with Gasteiger partial charge in [0.15, 0.2) is 5.82 Å². The van der Waals surface area contributed by atoms with Crippen LogP contribution in [0.3, 0.4) is 0 Å². The third-order valence-corrected chi connectivity index (χ3v) is 2.91. The van der Waals surface area contributed by atoms with Gasteiger partial charge < -0.3 is 16.6 Å². The van der Waals surface area contributed by atoms with Gasteiger partial charge in [0, 0.05) is 5.56 Å². The van der Waals surface area contributed by atoms with Crippen LogP contribution >= 0.6 is 11.6 Å². The number of hydrogen-bond acceptors (Lipinski definition) is 4. The van der Waals surface area contributed by atoms with Gasteiger partial charge >= 0.3 is 5.97 Å². The second kappa shape index (κ2) is 8.60. The lowest BCUT2D eigenvalue weighted by Crippen LogP contribution is -2.13. The van der Waals surface area contributed by atoms with E-state index >= 15 is 0 Å². The van der Waals surface area contributed by atoms with Gasteiger partial charge in [-0.05, 0) is 24.1 Å². The van der Waals surface area contributed by atoms with Crippen molar-refractivity contribution in [3.05, 3.63) is 45.6 Å². The van der Waals surface area contributed by atoms with E-state index < -0.39 is 11.9 Å². The second-order valence-corrected chi connectivity index (χ2v) is 5.09. The number of carbonyl (C=O) groups is 2. The van der Waals surface area contributed by atoms with E-state index in [4.69, 9.17) is 28.2 Å². The third-order valence-electron chi connectivity index (χ3n) is 2.58. The van der Waals surface area contributed by atoms with Crippen LogP contribution in [-0.2, 0) is 0 Å². The normalized spacial score (nSPS) is 9.29. The van der Waals surface area contributed by atoms with Crippen LogP contribution in [0.4, 0.5) is 5.82 Å². The Morgan fingerprint density at radius 2 is 1.96 bits per heavy atom. The number of aromatic amines is 1. The van der Waals surface area contributed by atoms with Crippen LogP contribution in [-0.4, -0.2) is 27.2 Å². The number of nitrogens with zero attached hydrogens (tertiary/aromatic N) is 1. The largest absolute Gasteiger partial charge is 0.478 e. The fourth-order valence-corrected chi connectivity index (χ4v) is 1.74. The molecule has 8 heteroatoms. The number of aromatic nitrogens is 2. The lowest BCUT2D eigenvalue weighted by atomic mass is 10.1. The van der Waals surface area contributed by atoms with E-state index in [1.165, 1.54) is 24.6 Å². The predicted octanol–water partition coefficient (Wildman–Crippen LogP) is 2.26. The van der Waals surface area contributed by atoms with E-state index in [-0.39, 0.29) is 27.7 Å². The van der Waals surface area contributed by atoms with Gasteiger partial charge in [-0.15, -0.1) is 0 Å². The molecule has 2 aromatic rings. The SMILES string of the molecule is CCC.NC(=O)c1c(N)n[nH]c1C#Cc1cc(C(=O)O)ccc1Cl. The fraction of sp³-hybridized carbons (Fsp3) is 0.188. The summed E-state index contributed by atoms with van der Waals surface area (Å²) in [6, 6.07) is 4.10. The topological polar surface area (TPSA) is 135 Å². The molecule has 0 bridgehead atoms. The molecule has 0 radical (unpaired) electrons. The van der Waals surface area contributed by atoms with Crippen molar-refractivity contribution in [2.75, 3.05) is 5.73 Å². The van der Waals surface area contributed by atoms with E-state index in [9.17, 15) is 9.59 Å². The molecule has 1 aromatic heterocycles. The Morgan fingerprint density at radius 1 is 1.33 bits per heavy atom. The van der Waals surface area contributed by atoms with Gasteiger partial charge in [0.2, 0.25) is 0 Å². The van der Waals surface area contributed by atoms with Crippen LogP contribution in [0.25, 0.3) is 0 Å². The first-order valence-electron chi connectivity index (χ1n) is 7.00. The molecule has 0 aliphatic carbocycles. The van der Waals surface area contributed by atoms with E-state index in [1.807, 2.05) is 0 Å².